The summed E-state index contributed by atoms with van der Waals surface area (Å²) in [5.74, 6) is -0.262. The number of Topliss-reactive ketones (excluding diaryl/α,β-unsaturated/α-hetero) is 1. The fourth-order valence-corrected chi connectivity index (χ4v) is 5.98. The average Bonchev–Trinajstić information content (AvgIpc) is 3.39. The summed E-state index contributed by atoms with van der Waals surface area (Å²) in [6.07, 6.45) is 1.82. The highest BCUT2D eigenvalue weighted by Gasteiger charge is 2.35. The first-order valence-corrected chi connectivity index (χ1v) is 14.7. The zero-order chi connectivity index (χ0) is 31.5. The van der Waals surface area contributed by atoms with E-state index in [1.807, 2.05) is 30.3 Å². The molecule has 0 spiro atoms. The average molecular weight is 637 g/mol. The van der Waals surface area contributed by atoms with Crippen molar-refractivity contribution >= 4 is 40.6 Å². The first-order chi connectivity index (χ1) is 21.1. The number of hydrogen-bond acceptors (Lipinski definition) is 8. The molecule has 1 aliphatic carbocycles. The van der Waals surface area contributed by atoms with E-state index in [1.165, 1.54) is 26.4 Å². The van der Waals surface area contributed by atoms with Crippen LogP contribution in [0.3, 0.4) is 0 Å². The van der Waals surface area contributed by atoms with Crippen LogP contribution in [0.2, 0.25) is 10.0 Å². The summed E-state index contributed by atoms with van der Waals surface area (Å²) < 4.78 is 6.67. The van der Waals surface area contributed by atoms with Crippen LogP contribution >= 0.6 is 23.2 Å². The van der Waals surface area contributed by atoms with Gasteiger partial charge in [-0.1, -0.05) is 59.6 Å². The van der Waals surface area contributed by atoms with Gasteiger partial charge < -0.3 is 20.5 Å². The van der Waals surface area contributed by atoms with Gasteiger partial charge in [0.15, 0.2) is 0 Å². The van der Waals surface area contributed by atoms with Gasteiger partial charge in [-0.25, -0.2) is 9.67 Å². The van der Waals surface area contributed by atoms with Crippen LogP contribution in [0.4, 0.5) is 5.69 Å². The fourth-order valence-electron chi connectivity index (χ4n) is 5.38. The second-order valence-electron chi connectivity index (χ2n) is 10.7. The molecule has 0 saturated heterocycles. The lowest BCUT2D eigenvalue weighted by molar-refractivity contribution is -0.120. The van der Waals surface area contributed by atoms with Crippen molar-refractivity contribution in [3.63, 3.8) is 0 Å². The van der Waals surface area contributed by atoms with E-state index in [2.05, 4.69) is 15.7 Å². The molecule has 228 valence electrons. The van der Waals surface area contributed by atoms with Gasteiger partial charge >= 0.3 is 0 Å². The Labute approximate surface area is 264 Å². The van der Waals surface area contributed by atoms with Crippen molar-refractivity contribution in [3.05, 3.63) is 92.3 Å². The molecule has 44 heavy (non-hydrogen) atoms. The zero-order valence-corrected chi connectivity index (χ0v) is 25.8. The molecule has 3 N–H and O–H groups in total. The van der Waals surface area contributed by atoms with E-state index in [1.54, 1.807) is 25.1 Å². The Morgan fingerprint density at radius 2 is 1.73 bits per heavy atom. The molecule has 2 aromatic heterocycles. The quantitative estimate of drug-likeness (QED) is 0.236. The number of aliphatic hydroxyl groups excluding tert-OH is 1. The van der Waals surface area contributed by atoms with Crippen LogP contribution in [0.5, 0.6) is 5.88 Å². The first-order valence-electron chi connectivity index (χ1n) is 14.0. The predicted octanol–water partition coefficient (Wildman–Crippen LogP) is 4.90. The Morgan fingerprint density at radius 1 is 1.02 bits per heavy atom. The number of nitrogens with one attached hydrogen (secondary N) is 2. The van der Waals surface area contributed by atoms with Gasteiger partial charge in [-0.05, 0) is 38.0 Å². The van der Waals surface area contributed by atoms with Crippen LogP contribution in [0.1, 0.15) is 35.7 Å². The number of nitrogens with zero attached hydrogens (tertiary/aromatic N) is 3. The summed E-state index contributed by atoms with van der Waals surface area (Å²) in [7, 11) is 3.00. The number of anilines is 1. The summed E-state index contributed by atoms with van der Waals surface area (Å²) in [5, 5.41) is 20.9. The molecule has 1 aliphatic rings. The molecule has 12 heteroatoms. The van der Waals surface area contributed by atoms with Gasteiger partial charge in [0.05, 0.1) is 34.6 Å². The Kier molecular flexibility index (Phi) is 9.45. The van der Waals surface area contributed by atoms with Gasteiger partial charge in [0.25, 0.3) is 11.5 Å². The molecule has 0 aliphatic heterocycles. The lowest BCUT2D eigenvalue weighted by atomic mass is 10.00. The molecule has 1 amide bonds. The second kappa shape index (κ2) is 13.3. The molecule has 3 atom stereocenters. The number of aliphatic hydroxyl groups is 1. The number of rotatable bonds is 9. The monoisotopic (exact) mass is 635 g/mol. The van der Waals surface area contributed by atoms with Crippen molar-refractivity contribution in [1.29, 1.82) is 0 Å². The van der Waals surface area contributed by atoms with Crippen LogP contribution in [-0.2, 0) is 18.4 Å². The summed E-state index contributed by atoms with van der Waals surface area (Å²) >= 11 is 13.7. The van der Waals surface area contributed by atoms with E-state index >= 15 is 0 Å². The van der Waals surface area contributed by atoms with Crippen molar-refractivity contribution in [2.45, 2.75) is 38.5 Å². The molecular formula is C32H31Cl2N5O5. The zero-order valence-electron chi connectivity index (χ0n) is 24.3. The summed E-state index contributed by atoms with van der Waals surface area (Å²) in [6.45, 7) is 1.96. The lowest BCUT2D eigenvalue weighted by Crippen LogP contribution is -2.35. The van der Waals surface area contributed by atoms with Gasteiger partial charge in [-0.2, -0.15) is 5.10 Å². The lowest BCUT2D eigenvalue weighted by Gasteiger charge is -2.18. The standard InChI is InChI=1S/C32H31Cl2N5O5/c1-17(40)19-14-26(27(41)15-19)35-16-18-10-11-24(38-31(18)44-3)22-8-4-6-20(28(22)33)21-7-5-9-25(29(21)34)37-30(42)23-12-13-36-39(2)32(23)43/h4-13,19,26-27,35,41H,14-16H2,1-3H3,(H,37,42)/t19?,26-,27-/m1/s1. The minimum absolute atomic E-state index is 0.0673. The number of aryl methyl sites for hydroxylation is 1. The van der Waals surface area contributed by atoms with Gasteiger partial charge in [-0.3, -0.25) is 14.4 Å². The van der Waals surface area contributed by atoms with Crippen LogP contribution in [0.25, 0.3) is 22.4 Å². The molecule has 0 radical (unpaired) electrons. The first kappa shape index (κ1) is 31.3. The third-order valence-electron chi connectivity index (χ3n) is 7.85. The van der Waals surface area contributed by atoms with Crippen LogP contribution < -0.4 is 20.9 Å². The molecule has 1 unspecified atom stereocenters. The van der Waals surface area contributed by atoms with Crippen LogP contribution in [-0.4, -0.2) is 50.8 Å². The topological polar surface area (TPSA) is 135 Å². The summed E-state index contributed by atoms with van der Waals surface area (Å²) in [6, 6.07) is 15.5. The van der Waals surface area contributed by atoms with E-state index in [9.17, 15) is 19.5 Å². The third-order valence-corrected chi connectivity index (χ3v) is 8.67. The van der Waals surface area contributed by atoms with E-state index in [0.29, 0.717) is 58.4 Å². The Morgan fingerprint density at radius 3 is 2.43 bits per heavy atom. The van der Waals surface area contributed by atoms with Crippen LogP contribution in [0, 0.1) is 5.92 Å². The maximum atomic E-state index is 12.9. The van der Waals surface area contributed by atoms with Crippen molar-refractivity contribution in [2.24, 2.45) is 13.0 Å². The summed E-state index contributed by atoms with van der Waals surface area (Å²) in [5.41, 5.74) is 2.91. The number of methoxy groups -OCH3 is 1. The maximum absolute atomic E-state index is 12.9. The number of pyridine rings is 1. The van der Waals surface area contributed by atoms with Gasteiger partial charge in [0.2, 0.25) is 5.88 Å². The molecule has 2 heterocycles. The largest absolute Gasteiger partial charge is 0.481 e. The van der Waals surface area contributed by atoms with Crippen molar-refractivity contribution in [1.82, 2.24) is 20.1 Å². The molecule has 1 fully saturated rings. The van der Waals surface area contributed by atoms with Gasteiger partial charge in [0, 0.05) is 54.0 Å². The van der Waals surface area contributed by atoms with E-state index < -0.39 is 17.6 Å². The minimum Gasteiger partial charge on any atom is -0.481 e. The van der Waals surface area contributed by atoms with Crippen molar-refractivity contribution in [3.8, 4) is 28.3 Å². The highest BCUT2D eigenvalue weighted by Crippen LogP contribution is 2.41. The van der Waals surface area contributed by atoms with Crippen molar-refractivity contribution in [2.75, 3.05) is 12.4 Å². The van der Waals surface area contributed by atoms with Crippen molar-refractivity contribution < 1.29 is 19.4 Å². The van der Waals surface area contributed by atoms with Crippen LogP contribution in [0.15, 0.2) is 65.6 Å². The number of ketones is 1. The van der Waals surface area contributed by atoms with Gasteiger partial charge in [0.1, 0.15) is 11.3 Å². The minimum atomic E-state index is -0.612. The molecule has 10 nitrogen and oxygen atoms in total. The fraction of sp³-hybridized carbons (Fsp3) is 0.281. The molecule has 4 aromatic rings. The number of amides is 1. The van der Waals surface area contributed by atoms with Gasteiger partial charge in [-0.15, -0.1) is 0 Å². The number of benzene rings is 2. The molecule has 2 aromatic carbocycles. The number of halogens is 2. The molecule has 1 saturated carbocycles. The molecule has 5 rings (SSSR count). The number of ether oxygens (including phenoxy) is 1. The normalized spacial score (nSPS) is 17.8. The second-order valence-corrected chi connectivity index (χ2v) is 11.4. The maximum Gasteiger partial charge on any atom is 0.279 e. The predicted molar refractivity (Wildman–Crippen MR) is 169 cm³/mol. The Balaban J connectivity index is 1.39. The van der Waals surface area contributed by atoms with E-state index in [-0.39, 0.29) is 28.3 Å². The number of aromatic nitrogens is 3. The number of carbonyl (C=O) groups excluding carboxylic acids is 2. The number of carbonyl (C=O) groups is 2. The molecule has 0 bridgehead atoms. The summed E-state index contributed by atoms with van der Waals surface area (Å²) in [4.78, 5) is 41.7. The molecular weight excluding hydrogens is 605 g/mol. The smallest absolute Gasteiger partial charge is 0.279 e. The SMILES string of the molecule is COc1nc(-c2cccc(-c3cccc(NC(=O)c4ccnn(C)c4=O)c3Cl)c2Cl)ccc1CN[C@@H]1CC(C(C)=O)C[C@H]1O. The Bertz CT molecular complexity index is 1790. The third kappa shape index (κ3) is 6.39. The van der Waals surface area contributed by atoms with E-state index in [4.69, 9.17) is 32.9 Å². The van der Waals surface area contributed by atoms with E-state index in [0.717, 1.165) is 10.2 Å². The highest BCUT2D eigenvalue weighted by atomic mass is 35.5. The Hall–Kier alpha value is -4.09. The number of hydrogen-bond donors (Lipinski definition) is 3. The highest BCUT2D eigenvalue weighted by molar-refractivity contribution is 6.39.